The van der Waals surface area contributed by atoms with Crippen LogP contribution in [0.3, 0.4) is 0 Å². The van der Waals surface area contributed by atoms with E-state index in [2.05, 4.69) is 32.0 Å². The van der Waals surface area contributed by atoms with Crippen LogP contribution >= 0.6 is 0 Å². The zero-order valence-electron chi connectivity index (χ0n) is 19.8. The summed E-state index contributed by atoms with van der Waals surface area (Å²) in [7, 11) is 0. The molecule has 3 aromatic rings. The van der Waals surface area contributed by atoms with E-state index in [1.54, 1.807) is 6.20 Å². The lowest BCUT2D eigenvalue weighted by atomic mass is 10.2. The zero-order valence-corrected chi connectivity index (χ0v) is 19.8. The Morgan fingerprint density at radius 2 is 1.76 bits per heavy atom. The summed E-state index contributed by atoms with van der Waals surface area (Å²) in [6, 6.07) is 10.2. The summed E-state index contributed by atoms with van der Waals surface area (Å²) in [5.41, 5.74) is 2.89. The fraction of sp³-hybridized carbons (Fsp3) is 0.500. The molecule has 0 saturated carbocycles. The van der Waals surface area contributed by atoms with Gasteiger partial charge in [0.2, 0.25) is 5.91 Å². The number of aryl methyl sites for hydroxylation is 2. The monoisotopic (exact) mass is 449 g/mol. The number of likely N-dealkylation sites (tertiary alicyclic amines) is 1. The van der Waals surface area contributed by atoms with Crippen molar-refractivity contribution in [1.29, 1.82) is 0 Å². The lowest BCUT2D eigenvalue weighted by Crippen LogP contribution is -2.35. The van der Waals surface area contributed by atoms with E-state index in [0.717, 1.165) is 42.8 Å². The molecule has 2 aromatic heterocycles. The highest BCUT2D eigenvalue weighted by molar-refractivity contribution is 5.87. The van der Waals surface area contributed by atoms with Crippen molar-refractivity contribution in [1.82, 2.24) is 24.6 Å². The first kappa shape index (κ1) is 23.2. The average molecular weight is 450 g/mol. The van der Waals surface area contributed by atoms with Gasteiger partial charge in [-0.15, -0.1) is 0 Å². The van der Waals surface area contributed by atoms with Gasteiger partial charge in [-0.05, 0) is 58.3 Å². The van der Waals surface area contributed by atoms with Crippen LogP contribution in [0.5, 0.6) is 0 Å². The van der Waals surface area contributed by atoms with Gasteiger partial charge in [0.05, 0.1) is 11.6 Å². The van der Waals surface area contributed by atoms with Crippen LogP contribution in [0.25, 0.3) is 10.8 Å². The normalized spacial score (nSPS) is 15.0. The Balaban J connectivity index is 1.39. The molecule has 0 spiro atoms. The van der Waals surface area contributed by atoms with E-state index in [0.29, 0.717) is 18.5 Å². The van der Waals surface area contributed by atoms with Crippen LogP contribution in [0.1, 0.15) is 49.1 Å². The predicted octanol–water partition coefficient (Wildman–Crippen LogP) is 3.25. The molecule has 1 N–H and O–H groups in total. The van der Waals surface area contributed by atoms with Gasteiger partial charge in [0.1, 0.15) is 6.54 Å². The van der Waals surface area contributed by atoms with Crippen molar-refractivity contribution in [2.45, 2.75) is 59.0 Å². The molecule has 1 aliphatic rings. The Labute approximate surface area is 195 Å². The number of carbonyl (C=O) groups excluding carboxylic acids is 1. The van der Waals surface area contributed by atoms with Gasteiger partial charge in [0, 0.05) is 29.9 Å². The minimum Gasteiger partial charge on any atom is -0.354 e. The molecule has 3 heterocycles. The maximum absolute atomic E-state index is 13.2. The molecule has 0 aliphatic carbocycles. The van der Waals surface area contributed by atoms with E-state index in [1.165, 1.54) is 35.9 Å². The number of amides is 1. The fourth-order valence-corrected chi connectivity index (χ4v) is 4.84. The molecule has 0 unspecified atom stereocenters. The van der Waals surface area contributed by atoms with Crippen molar-refractivity contribution >= 4 is 16.7 Å². The summed E-state index contributed by atoms with van der Waals surface area (Å²) >= 11 is 0. The summed E-state index contributed by atoms with van der Waals surface area (Å²) in [6.07, 6.45) is 7.84. The lowest BCUT2D eigenvalue weighted by molar-refractivity contribution is -0.121. The molecule has 1 aliphatic heterocycles. The lowest BCUT2D eigenvalue weighted by Gasteiger charge is -2.19. The molecule has 1 amide bonds. The molecular formula is C26H35N5O2. The molecule has 1 fully saturated rings. The average Bonchev–Trinajstić information content (AvgIpc) is 2.98. The molecule has 176 valence electrons. The van der Waals surface area contributed by atoms with Crippen LogP contribution in [-0.2, 0) is 17.9 Å². The Bertz CT molecular complexity index is 1140. The Hall–Kier alpha value is -2.93. The van der Waals surface area contributed by atoms with Crippen LogP contribution in [0.4, 0.5) is 0 Å². The summed E-state index contributed by atoms with van der Waals surface area (Å²) in [6.45, 7) is 8.58. The fourth-order valence-electron chi connectivity index (χ4n) is 4.84. The molecule has 0 radical (unpaired) electrons. The van der Waals surface area contributed by atoms with Crippen LogP contribution in [0, 0.1) is 13.8 Å². The Morgan fingerprint density at radius 3 is 2.48 bits per heavy atom. The highest BCUT2D eigenvalue weighted by Gasteiger charge is 2.17. The first-order valence-electron chi connectivity index (χ1n) is 12.1. The smallest absolute Gasteiger partial charge is 0.276 e. The third kappa shape index (κ3) is 5.53. The van der Waals surface area contributed by atoms with Crippen molar-refractivity contribution in [2.24, 2.45) is 0 Å². The second-order valence-corrected chi connectivity index (χ2v) is 9.10. The van der Waals surface area contributed by atoms with Crippen molar-refractivity contribution in [2.75, 3.05) is 26.2 Å². The third-order valence-electron chi connectivity index (χ3n) is 6.75. The van der Waals surface area contributed by atoms with Gasteiger partial charge in [-0.25, -0.2) is 4.68 Å². The van der Waals surface area contributed by atoms with E-state index in [-0.39, 0.29) is 18.0 Å². The van der Waals surface area contributed by atoms with Crippen LogP contribution in [-0.4, -0.2) is 51.3 Å². The molecule has 1 saturated heterocycles. The van der Waals surface area contributed by atoms with E-state index < -0.39 is 0 Å². The number of rotatable bonds is 8. The van der Waals surface area contributed by atoms with E-state index >= 15 is 0 Å². The molecular weight excluding hydrogens is 414 g/mol. The molecule has 0 atom stereocenters. The number of carbonyl (C=O) groups is 1. The van der Waals surface area contributed by atoms with Crippen molar-refractivity contribution in [3.8, 4) is 0 Å². The standard InChI is InChI=1S/C26H35N5O2/c1-20-23-17-28-31(19-24(32)27-13-10-16-29-14-8-3-4-9-15-29)26(33)25(23)21(2)30(20)18-22-11-6-5-7-12-22/h5-7,11-12,17H,3-4,8-10,13-16,18-19H2,1-2H3,(H,27,32). The van der Waals surface area contributed by atoms with Crippen LogP contribution in [0.2, 0.25) is 0 Å². The molecule has 33 heavy (non-hydrogen) atoms. The molecule has 7 heteroatoms. The minimum absolute atomic E-state index is 0.0547. The maximum Gasteiger partial charge on any atom is 0.276 e. The summed E-state index contributed by atoms with van der Waals surface area (Å²) in [5, 5.41) is 8.75. The topological polar surface area (TPSA) is 72.2 Å². The van der Waals surface area contributed by atoms with Gasteiger partial charge in [-0.1, -0.05) is 43.2 Å². The second kappa shape index (κ2) is 10.8. The van der Waals surface area contributed by atoms with Gasteiger partial charge >= 0.3 is 0 Å². The number of nitrogens with one attached hydrogen (secondary N) is 1. The Morgan fingerprint density at radius 1 is 1.03 bits per heavy atom. The van der Waals surface area contributed by atoms with E-state index in [9.17, 15) is 9.59 Å². The van der Waals surface area contributed by atoms with Gasteiger partial charge < -0.3 is 14.8 Å². The van der Waals surface area contributed by atoms with E-state index in [4.69, 9.17) is 0 Å². The van der Waals surface area contributed by atoms with Crippen molar-refractivity contribution < 1.29 is 4.79 Å². The number of hydrogen-bond donors (Lipinski definition) is 1. The number of nitrogens with zero attached hydrogens (tertiary/aromatic N) is 4. The van der Waals surface area contributed by atoms with Crippen molar-refractivity contribution in [3.63, 3.8) is 0 Å². The summed E-state index contributed by atoms with van der Waals surface area (Å²) in [4.78, 5) is 28.1. The number of benzene rings is 1. The summed E-state index contributed by atoms with van der Waals surface area (Å²) < 4.78 is 3.43. The van der Waals surface area contributed by atoms with Gasteiger partial charge in [-0.2, -0.15) is 5.10 Å². The number of aromatic nitrogens is 3. The molecule has 7 nitrogen and oxygen atoms in total. The summed E-state index contributed by atoms with van der Waals surface area (Å²) in [5.74, 6) is -0.169. The second-order valence-electron chi connectivity index (χ2n) is 9.10. The zero-order chi connectivity index (χ0) is 23.2. The highest BCUT2D eigenvalue weighted by atomic mass is 16.2. The minimum atomic E-state index is -0.209. The van der Waals surface area contributed by atoms with E-state index in [1.807, 2.05) is 32.0 Å². The largest absolute Gasteiger partial charge is 0.354 e. The number of hydrogen-bond acceptors (Lipinski definition) is 4. The SMILES string of the molecule is Cc1c2cnn(CC(=O)NCCCN3CCCCCC3)c(=O)c2c(C)n1Cc1ccccc1. The van der Waals surface area contributed by atoms with Crippen LogP contribution in [0.15, 0.2) is 41.3 Å². The number of fused-ring (bicyclic) bond motifs is 1. The van der Waals surface area contributed by atoms with Gasteiger partial charge in [0.15, 0.2) is 0 Å². The third-order valence-corrected chi connectivity index (χ3v) is 6.75. The highest BCUT2D eigenvalue weighted by Crippen LogP contribution is 2.23. The predicted molar refractivity (Wildman–Crippen MR) is 132 cm³/mol. The van der Waals surface area contributed by atoms with Gasteiger partial charge in [0.25, 0.3) is 5.56 Å². The Kier molecular flexibility index (Phi) is 7.60. The van der Waals surface area contributed by atoms with Crippen molar-refractivity contribution in [3.05, 3.63) is 63.8 Å². The quantitative estimate of drug-likeness (QED) is 0.536. The first-order valence-corrected chi connectivity index (χ1v) is 12.1. The molecule has 0 bridgehead atoms. The first-order chi connectivity index (χ1) is 16.0. The van der Waals surface area contributed by atoms with Gasteiger partial charge in [-0.3, -0.25) is 9.59 Å². The molecule has 1 aromatic carbocycles. The molecule has 4 rings (SSSR count). The maximum atomic E-state index is 13.2. The van der Waals surface area contributed by atoms with Crippen LogP contribution < -0.4 is 10.9 Å².